The van der Waals surface area contributed by atoms with Gasteiger partial charge in [-0.25, -0.2) is 0 Å². The van der Waals surface area contributed by atoms with Gasteiger partial charge >= 0.3 is 0 Å². The molecule has 1 saturated heterocycles. The SMILES string of the molecule is CCCN1CCCC(NCc2ccc(O)cc2)CC1. The zero-order valence-electron chi connectivity index (χ0n) is 11.9. The molecule has 0 saturated carbocycles. The Balaban J connectivity index is 1.75. The molecule has 0 spiro atoms. The molecule has 2 N–H and O–H groups in total. The van der Waals surface area contributed by atoms with Crippen LogP contribution in [0.4, 0.5) is 0 Å². The zero-order valence-corrected chi connectivity index (χ0v) is 11.9. The number of phenols is 1. The van der Waals surface area contributed by atoms with Gasteiger partial charge in [-0.2, -0.15) is 0 Å². The summed E-state index contributed by atoms with van der Waals surface area (Å²) in [5, 5.41) is 12.9. The molecule has 1 fully saturated rings. The van der Waals surface area contributed by atoms with Crippen LogP contribution < -0.4 is 5.32 Å². The molecule has 1 heterocycles. The van der Waals surface area contributed by atoms with Gasteiger partial charge < -0.3 is 15.3 Å². The van der Waals surface area contributed by atoms with Crippen molar-refractivity contribution in [3.8, 4) is 5.75 Å². The Bertz CT molecular complexity index is 364. The molecule has 0 aliphatic carbocycles. The normalized spacial score (nSPS) is 21.2. The van der Waals surface area contributed by atoms with Crippen LogP contribution in [0.5, 0.6) is 5.75 Å². The van der Waals surface area contributed by atoms with Gasteiger partial charge in [0.25, 0.3) is 0 Å². The maximum absolute atomic E-state index is 9.26. The quantitative estimate of drug-likeness (QED) is 0.856. The highest BCUT2D eigenvalue weighted by molar-refractivity contribution is 5.25. The third kappa shape index (κ3) is 4.84. The fourth-order valence-electron chi connectivity index (χ4n) is 2.78. The number of aromatic hydroxyl groups is 1. The van der Waals surface area contributed by atoms with Gasteiger partial charge in [-0.1, -0.05) is 19.1 Å². The van der Waals surface area contributed by atoms with E-state index in [2.05, 4.69) is 17.1 Å². The second kappa shape index (κ2) is 7.51. The summed E-state index contributed by atoms with van der Waals surface area (Å²) in [4.78, 5) is 2.59. The lowest BCUT2D eigenvalue weighted by atomic mass is 10.1. The first kappa shape index (κ1) is 14.4. The maximum atomic E-state index is 9.26. The lowest BCUT2D eigenvalue weighted by molar-refractivity contribution is 0.282. The van der Waals surface area contributed by atoms with E-state index in [1.54, 1.807) is 12.1 Å². The van der Waals surface area contributed by atoms with Crippen molar-refractivity contribution in [2.45, 2.75) is 45.2 Å². The van der Waals surface area contributed by atoms with Crippen molar-refractivity contribution in [3.05, 3.63) is 29.8 Å². The topological polar surface area (TPSA) is 35.5 Å². The maximum Gasteiger partial charge on any atom is 0.115 e. The monoisotopic (exact) mass is 262 g/mol. The van der Waals surface area contributed by atoms with E-state index in [1.165, 1.54) is 50.9 Å². The van der Waals surface area contributed by atoms with Crippen LogP contribution in [0, 0.1) is 0 Å². The van der Waals surface area contributed by atoms with Gasteiger partial charge in [0.15, 0.2) is 0 Å². The van der Waals surface area contributed by atoms with Crippen molar-refractivity contribution < 1.29 is 5.11 Å². The van der Waals surface area contributed by atoms with Crippen LogP contribution in [0.2, 0.25) is 0 Å². The Hall–Kier alpha value is -1.06. The van der Waals surface area contributed by atoms with Crippen molar-refractivity contribution in [1.29, 1.82) is 0 Å². The number of nitrogens with zero attached hydrogens (tertiary/aromatic N) is 1. The fourth-order valence-corrected chi connectivity index (χ4v) is 2.78. The van der Waals surface area contributed by atoms with E-state index in [9.17, 15) is 5.11 Å². The summed E-state index contributed by atoms with van der Waals surface area (Å²) in [7, 11) is 0. The highest BCUT2D eigenvalue weighted by Gasteiger charge is 2.15. The third-order valence-corrected chi connectivity index (χ3v) is 3.89. The number of benzene rings is 1. The fraction of sp³-hybridized carbons (Fsp3) is 0.625. The van der Waals surface area contributed by atoms with Crippen LogP contribution >= 0.6 is 0 Å². The van der Waals surface area contributed by atoms with Gasteiger partial charge in [-0.3, -0.25) is 0 Å². The van der Waals surface area contributed by atoms with Gasteiger partial charge in [0, 0.05) is 12.6 Å². The van der Waals surface area contributed by atoms with E-state index < -0.39 is 0 Å². The van der Waals surface area contributed by atoms with E-state index in [0.29, 0.717) is 11.8 Å². The van der Waals surface area contributed by atoms with Gasteiger partial charge in [0.1, 0.15) is 5.75 Å². The first-order chi connectivity index (χ1) is 9.28. The number of hydrogen-bond acceptors (Lipinski definition) is 3. The highest BCUT2D eigenvalue weighted by atomic mass is 16.3. The summed E-state index contributed by atoms with van der Waals surface area (Å²) in [6, 6.07) is 8.13. The minimum atomic E-state index is 0.341. The molecular weight excluding hydrogens is 236 g/mol. The molecule has 0 amide bonds. The molecule has 19 heavy (non-hydrogen) atoms. The standard InChI is InChI=1S/C16H26N2O/c1-2-10-18-11-3-4-15(9-12-18)17-13-14-5-7-16(19)8-6-14/h5-8,15,17,19H,2-4,9-13H2,1H3. The first-order valence-corrected chi connectivity index (χ1v) is 7.51. The van der Waals surface area contributed by atoms with E-state index in [1.807, 2.05) is 12.1 Å². The molecule has 1 atom stereocenters. The molecule has 3 nitrogen and oxygen atoms in total. The molecule has 0 aromatic heterocycles. The van der Waals surface area contributed by atoms with Crippen LogP contribution in [-0.2, 0) is 6.54 Å². The summed E-state index contributed by atoms with van der Waals surface area (Å²) in [5.74, 6) is 0.341. The number of likely N-dealkylation sites (tertiary alicyclic amines) is 1. The van der Waals surface area contributed by atoms with Crippen molar-refractivity contribution in [2.24, 2.45) is 0 Å². The molecule has 1 aliphatic heterocycles. The Kier molecular flexibility index (Phi) is 5.67. The summed E-state index contributed by atoms with van der Waals surface area (Å²) in [6.45, 7) is 6.88. The van der Waals surface area contributed by atoms with Crippen LogP contribution in [0.1, 0.15) is 38.2 Å². The van der Waals surface area contributed by atoms with E-state index in [4.69, 9.17) is 0 Å². The van der Waals surface area contributed by atoms with Gasteiger partial charge in [-0.05, 0) is 63.0 Å². The average Bonchev–Trinajstić information content (AvgIpc) is 2.64. The van der Waals surface area contributed by atoms with Crippen LogP contribution in [0.25, 0.3) is 0 Å². The van der Waals surface area contributed by atoms with Crippen LogP contribution in [0.3, 0.4) is 0 Å². The third-order valence-electron chi connectivity index (χ3n) is 3.89. The van der Waals surface area contributed by atoms with E-state index in [0.717, 1.165) is 6.54 Å². The molecule has 1 aliphatic rings. The Morgan fingerprint density at radius 2 is 2.00 bits per heavy atom. The molecule has 3 heteroatoms. The molecule has 0 radical (unpaired) electrons. The molecular formula is C16H26N2O. The van der Waals surface area contributed by atoms with Gasteiger partial charge in [0.2, 0.25) is 0 Å². The number of nitrogens with one attached hydrogen (secondary N) is 1. The predicted octanol–water partition coefficient (Wildman–Crippen LogP) is 2.75. The molecule has 1 aromatic carbocycles. The summed E-state index contributed by atoms with van der Waals surface area (Å²) < 4.78 is 0. The van der Waals surface area contributed by atoms with E-state index >= 15 is 0 Å². The Morgan fingerprint density at radius 1 is 1.21 bits per heavy atom. The molecule has 0 bridgehead atoms. The van der Waals surface area contributed by atoms with Crippen molar-refractivity contribution in [1.82, 2.24) is 10.2 Å². The van der Waals surface area contributed by atoms with E-state index in [-0.39, 0.29) is 0 Å². The summed E-state index contributed by atoms with van der Waals surface area (Å²) in [6.07, 6.45) is 5.08. The van der Waals surface area contributed by atoms with Gasteiger partial charge in [0.05, 0.1) is 0 Å². The second-order valence-corrected chi connectivity index (χ2v) is 5.52. The molecule has 1 aromatic rings. The minimum Gasteiger partial charge on any atom is -0.508 e. The zero-order chi connectivity index (χ0) is 13.5. The molecule has 1 unspecified atom stereocenters. The van der Waals surface area contributed by atoms with Crippen molar-refractivity contribution in [2.75, 3.05) is 19.6 Å². The predicted molar refractivity (Wildman–Crippen MR) is 79.3 cm³/mol. The lowest BCUT2D eigenvalue weighted by Gasteiger charge is -2.19. The molecule has 2 rings (SSSR count). The largest absolute Gasteiger partial charge is 0.508 e. The van der Waals surface area contributed by atoms with Crippen molar-refractivity contribution in [3.63, 3.8) is 0 Å². The second-order valence-electron chi connectivity index (χ2n) is 5.52. The highest BCUT2D eigenvalue weighted by Crippen LogP contribution is 2.13. The minimum absolute atomic E-state index is 0.341. The Morgan fingerprint density at radius 3 is 2.74 bits per heavy atom. The average molecular weight is 262 g/mol. The number of phenolic OH excluding ortho intramolecular Hbond substituents is 1. The Labute approximate surface area is 116 Å². The van der Waals surface area contributed by atoms with Gasteiger partial charge in [-0.15, -0.1) is 0 Å². The van der Waals surface area contributed by atoms with Crippen LogP contribution in [0.15, 0.2) is 24.3 Å². The summed E-state index contributed by atoms with van der Waals surface area (Å²) in [5.41, 5.74) is 1.24. The first-order valence-electron chi connectivity index (χ1n) is 7.51. The smallest absolute Gasteiger partial charge is 0.115 e. The van der Waals surface area contributed by atoms with Crippen molar-refractivity contribution >= 4 is 0 Å². The lowest BCUT2D eigenvalue weighted by Crippen LogP contribution is -2.30. The number of hydrogen-bond donors (Lipinski definition) is 2. The molecule has 106 valence electrons. The summed E-state index contributed by atoms with van der Waals surface area (Å²) >= 11 is 0. The van der Waals surface area contributed by atoms with Crippen LogP contribution in [-0.4, -0.2) is 35.7 Å². The number of rotatable bonds is 5.